The molecule has 2 N–H and O–H groups in total. The first-order valence-electron chi connectivity index (χ1n) is 8.25. The van der Waals surface area contributed by atoms with Crippen LogP contribution in [0.5, 0.6) is 5.75 Å². The molecule has 1 atom stereocenters. The molecule has 26 heavy (non-hydrogen) atoms. The highest BCUT2D eigenvalue weighted by Crippen LogP contribution is 2.27. The Morgan fingerprint density at radius 2 is 2.15 bits per heavy atom. The van der Waals surface area contributed by atoms with Crippen LogP contribution in [0.25, 0.3) is 10.9 Å². The number of nitrogens with zero attached hydrogens (tertiary/aromatic N) is 2. The van der Waals surface area contributed by atoms with Gasteiger partial charge in [0.1, 0.15) is 17.3 Å². The van der Waals surface area contributed by atoms with Crippen LogP contribution >= 0.6 is 0 Å². The fourth-order valence-corrected chi connectivity index (χ4v) is 3.02. The lowest BCUT2D eigenvalue weighted by Crippen LogP contribution is -2.48. The second-order valence-electron chi connectivity index (χ2n) is 6.13. The number of hydrogen-bond acceptors (Lipinski definition) is 5. The predicted molar refractivity (Wildman–Crippen MR) is 94.5 cm³/mol. The number of methoxy groups -OCH3 is 1. The maximum Gasteiger partial charge on any atom is 0.322 e. The van der Waals surface area contributed by atoms with Crippen LogP contribution in [0.3, 0.4) is 0 Å². The molecule has 1 aromatic heterocycles. The van der Waals surface area contributed by atoms with E-state index >= 15 is 0 Å². The topological polar surface area (TPSA) is 101 Å². The Kier molecular flexibility index (Phi) is 5.01. The van der Waals surface area contributed by atoms with Gasteiger partial charge in [-0.05, 0) is 24.1 Å². The predicted octanol–water partition coefficient (Wildman–Crippen LogP) is 1.19. The van der Waals surface area contributed by atoms with Crippen molar-refractivity contribution in [2.45, 2.75) is 25.4 Å². The quantitative estimate of drug-likeness (QED) is 0.857. The van der Waals surface area contributed by atoms with Gasteiger partial charge in [-0.25, -0.2) is 4.79 Å². The average molecular weight is 356 g/mol. The smallest absolute Gasteiger partial charge is 0.322 e. The lowest BCUT2D eigenvalue weighted by molar-refractivity contribution is -0.132. The molecule has 1 fully saturated rings. The lowest BCUT2D eigenvalue weighted by atomic mass is 10.1. The Morgan fingerprint density at radius 1 is 1.35 bits per heavy atom. The van der Waals surface area contributed by atoms with Gasteiger partial charge < -0.3 is 15.0 Å². The van der Waals surface area contributed by atoms with Gasteiger partial charge in [-0.15, -0.1) is 0 Å². The molecule has 2 heterocycles. The molecule has 136 valence electrons. The Balaban J connectivity index is 1.80. The molecule has 8 heteroatoms. The van der Waals surface area contributed by atoms with Crippen molar-refractivity contribution >= 4 is 28.7 Å². The van der Waals surface area contributed by atoms with Crippen LogP contribution in [0.1, 0.15) is 18.4 Å². The molecule has 0 spiro atoms. The van der Waals surface area contributed by atoms with E-state index in [1.54, 1.807) is 20.4 Å². The number of benzene rings is 1. The van der Waals surface area contributed by atoms with Crippen molar-refractivity contribution < 1.29 is 19.1 Å². The van der Waals surface area contributed by atoms with Crippen molar-refractivity contribution in [3.8, 4) is 5.75 Å². The first kappa shape index (κ1) is 17.7. The Labute approximate surface area is 150 Å². The molecule has 4 amide bonds. The van der Waals surface area contributed by atoms with E-state index in [4.69, 9.17) is 4.74 Å². The molecule has 0 aliphatic carbocycles. The number of hydrogen-bond donors (Lipinski definition) is 2. The molecule has 3 rings (SSSR count). The van der Waals surface area contributed by atoms with Gasteiger partial charge in [0.15, 0.2) is 0 Å². The second-order valence-corrected chi connectivity index (χ2v) is 6.13. The van der Waals surface area contributed by atoms with E-state index in [0.717, 1.165) is 16.5 Å². The highest BCUT2D eigenvalue weighted by atomic mass is 16.5. The van der Waals surface area contributed by atoms with Crippen LogP contribution < -0.4 is 15.4 Å². The van der Waals surface area contributed by atoms with Crippen molar-refractivity contribution in [2.75, 3.05) is 14.2 Å². The van der Waals surface area contributed by atoms with Gasteiger partial charge in [-0.1, -0.05) is 12.1 Å². The Morgan fingerprint density at radius 3 is 2.92 bits per heavy atom. The Hall–Kier alpha value is -3.16. The molecular formula is C18H20N4O4. The molecule has 2 aromatic rings. The van der Waals surface area contributed by atoms with Gasteiger partial charge in [0.25, 0.3) is 0 Å². The first-order chi connectivity index (χ1) is 12.5. The van der Waals surface area contributed by atoms with Gasteiger partial charge in [0, 0.05) is 31.6 Å². The molecule has 1 aliphatic heterocycles. The van der Waals surface area contributed by atoms with E-state index in [2.05, 4.69) is 15.6 Å². The van der Waals surface area contributed by atoms with E-state index < -0.39 is 12.1 Å². The number of aromatic nitrogens is 1. The summed E-state index contributed by atoms with van der Waals surface area (Å²) in [5.41, 5.74) is 1.64. The minimum absolute atomic E-state index is 0.123. The molecule has 0 saturated carbocycles. The van der Waals surface area contributed by atoms with Gasteiger partial charge in [-0.2, -0.15) is 0 Å². The molecule has 1 saturated heterocycles. The highest BCUT2D eigenvalue weighted by molar-refractivity contribution is 5.98. The van der Waals surface area contributed by atoms with Crippen molar-refractivity contribution in [3.63, 3.8) is 0 Å². The van der Waals surface area contributed by atoms with Crippen molar-refractivity contribution in [1.82, 2.24) is 20.5 Å². The molecule has 0 bridgehead atoms. The largest absolute Gasteiger partial charge is 0.494 e. The maximum absolute atomic E-state index is 12.7. The van der Waals surface area contributed by atoms with Gasteiger partial charge in [0.2, 0.25) is 11.8 Å². The van der Waals surface area contributed by atoms with Crippen LogP contribution in [0.2, 0.25) is 0 Å². The summed E-state index contributed by atoms with van der Waals surface area (Å²) in [7, 11) is 3.25. The van der Waals surface area contributed by atoms with E-state index in [1.165, 1.54) is 4.90 Å². The van der Waals surface area contributed by atoms with Crippen molar-refractivity contribution in [2.24, 2.45) is 0 Å². The van der Waals surface area contributed by atoms with E-state index in [1.807, 2.05) is 24.3 Å². The zero-order valence-electron chi connectivity index (χ0n) is 14.6. The summed E-state index contributed by atoms with van der Waals surface area (Å²) in [5, 5.41) is 5.60. The fourth-order valence-electron chi connectivity index (χ4n) is 3.02. The summed E-state index contributed by atoms with van der Waals surface area (Å²) in [6.45, 7) is 0.346. The monoisotopic (exact) mass is 356 g/mol. The molecule has 0 radical (unpaired) electrons. The molecule has 0 unspecified atom stereocenters. The number of rotatable bonds is 4. The number of urea groups is 1. The molecule has 8 nitrogen and oxygen atoms in total. The van der Waals surface area contributed by atoms with Crippen LogP contribution in [0.4, 0.5) is 4.79 Å². The summed E-state index contributed by atoms with van der Waals surface area (Å²) in [6.07, 6.45) is 2.08. The number of ether oxygens (including phenoxy) is 1. The minimum Gasteiger partial charge on any atom is -0.494 e. The summed E-state index contributed by atoms with van der Waals surface area (Å²) in [5.74, 6) is 0.0364. The van der Waals surface area contributed by atoms with Crippen LogP contribution in [-0.4, -0.2) is 47.9 Å². The number of amides is 4. The van der Waals surface area contributed by atoms with Crippen LogP contribution in [0, 0.1) is 0 Å². The summed E-state index contributed by atoms with van der Waals surface area (Å²) in [4.78, 5) is 41.6. The highest BCUT2D eigenvalue weighted by Gasteiger charge is 2.28. The summed E-state index contributed by atoms with van der Waals surface area (Å²) < 4.78 is 5.34. The van der Waals surface area contributed by atoms with Crippen LogP contribution in [0.15, 0.2) is 30.5 Å². The number of pyridine rings is 1. The third-order valence-electron chi connectivity index (χ3n) is 4.34. The van der Waals surface area contributed by atoms with Crippen molar-refractivity contribution in [1.29, 1.82) is 0 Å². The molecule has 1 aromatic carbocycles. The fraction of sp³-hybridized carbons (Fsp3) is 0.333. The second kappa shape index (κ2) is 7.38. The number of fused-ring (bicyclic) bond motifs is 1. The zero-order valence-corrected chi connectivity index (χ0v) is 14.6. The van der Waals surface area contributed by atoms with Gasteiger partial charge in [-0.3, -0.25) is 19.9 Å². The number of carbonyl (C=O) groups is 3. The Bertz CT molecular complexity index is 867. The van der Waals surface area contributed by atoms with E-state index in [-0.39, 0.29) is 24.7 Å². The van der Waals surface area contributed by atoms with E-state index in [9.17, 15) is 14.4 Å². The third kappa shape index (κ3) is 3.58. The number of carbonyl (C=O) groups excluding carboxylic acids is 3. The zero-order chi connectivity index (χ0) is 18.7. The third-order valence-corrected chi connectivity index (χ3v) is 4.34. The normalized spacial score (nSPS) is 17.2. The lowest BCUT2D eigenvalue weighted by Gasteiger charge is -2.23. The SMILES string of the molecule is COc1ccc(CN(C)C(=O)[C@@H]2CCC(=O)NC(=O)N2)c2cccnc12. The van der Waals surface area contributed by atoms with Crippen molar-refractivity contribution in [3.05, 3.63) is 36.0 Å². The van der Waals surface area contributed by atoms with E-state index in [0.29, 0.717) is 12.3 Å². The van der Waals surface area contributed by atoms with Crippen LogP contribution in [-0.2, 0) is 16.1 Å². The minimum atomic E-state index is -0.728. The molecular weight excluding hydrogens is 336 g/mol. The number of nitrogens with one attached hydrogen (secondary N) is 2. The van der Waals surface area contributed by atoms with Gasteiger partial charge in [0.05, 0.1) is 7.11 Å². The molecule has 1 aliphatic rings. The summed E-state index contributed by atoms with van der Waals surface area (Å²) in [6, 6.07) is 6.10. The first-order valence-corrected chi connectivity index (χ1v) is 8.25. The summed E-state index contributed by atoms with van der Waals surface area (Å²) >= 11 is 0. The number of likely N-dealkylation sites (N-methyl/N-ethyl adjacent to an activating group) is 1. The number of imide groups is 1. The maximum atomic E-state index is 12.7. The average Bonchev–Trinajstić information content (AvgIpc) is 2.81. The van der Waals surface area contributed by atoms with Gasteiger partial charge >= 0.3 is 6.03 Å². The standard InChI is InChI=1S/C18H20N4O4/c1-22(17(24)13-6-8-15(23)21-18(25)20-13)10-11-5-7-14(26-2)16-12(11)4-3-9-19-16/h3-5,7,9,13H,6,8,10H2,1-2H3,(H2,20,21,23,25)/t13-/m0/s1.